The predicted molar refractivity (Wildman–Crippen MR) is 289 cm³/mol. The molecule has 6 rings (SSSR count). The molecule has 69 heavy (non-hydrogen) atoms. The molecule has 0 saturated carbocycles. The van der Waals surface area contributed by atoms with Crippen LogP contribution in [0.5, 0.6) is 5.75 Å². The number of nitrogens with zero attached hydrogens (tertiary/aromatic N) is 1. The molecule has 3 heterocycles. The van der Waals surface area contributed by atoms with Crippen LogP contribution in [0.4, 0.5) is 0 Å². The van der Waals surface area contributed by atoms with E-state index >= 15 is 0 Å². The van der Waals surface area contributed by atoms with Crippen LogP contribution in [0.15, 0.2) is 102 Å². The second-order valence-corrected chi connectivity index (χ2v) is 32.8. The summed E-state index contributed by atoms with van der Waals surface area (Å²) in [6, 6.07) is 29.6. The lowest BCUT2D eigenvalue weighted by atomic mass is 9.92. The van der Waals surface area contributed by atoms with Crippen molar-refractivity contribution in [2.75, 3.05) is 27.4 Å². The Bertz CT molecular complexity index is 2150. The van der Waals surface area contributed by atoms with Gasteiger partial charge in [-0.05, 0) is 88.8 Å². The molecule has 380 valence electrons. The van der Waals surface area contributed by atoms with Crippen LogP contribution < -0.4 is 15.1 Å². The van der Waals surface area contributed by atoms with Crippen molar-refractivity contribution in [1.29, 1.82) is 0 Å². The molecular formula is C57H84BrNO8Si2. The number of benzene rings is 3. The van der Waals surface area contributed by atoms with E-state index in [1.807, 2.05) is 31.4 Å². The quantitative estimate of drug-likeness (QED) is 0.0564. The second kappa shape index (κ2) is 23.8. The van der Waals surface area contributed by atoms with Crippen LogP contribution >= 0.6 is 15.9 Å². The van der Waals surface area contributed by atoms with Crippen molar-refractivity contribution < 1.29 is 37.0 Å². The number of ether oxygens (including phenoxy) is 5. The van der Waals surface area contributed by atoms with Gasteiger partial charge < -0.3 is 37.0 Å². The Morgan fingerprint density at radius 1 is 0.884 bits per heavy atom. The van der Waals surface area contributed by atoms with Gasteiger partial charge >= 0.3 is 0 Å². The number of aryl methyl sites for hydroxylation is 1. The molecule has 4 aromatic rings. The Morgan fingerprint density at radius 3 is 2.01 bits per heavy atom. The minimum atomic E-state index is -2.77. The van der Waals surface area contributed by atoms with Crippen molar-refractivity contribution in [3.8, 4) is 5.75 Å². The Morgan fingerprint density at radius 2 is 1.48 bits per heavy atom. The molecule has 1 aromatic heterocycles. The molecule has 2 fully saturated rings. The van der Waals surface area contributed by atoms with E-state index in [2.05, 4.69) is 173 Å². The average Bonchev–Trinajstić information content (AvgIpc) is 3.90. The molecule has 2 aliphatic heterocycles. The third-order valence-corrected chi connectivity index (χ3v) is 27.9. The maximum absolute atomic E-state index is 7.76. The molecule has 0 N–H and O–H groups in total. The molecule has 0 amide bonds. The molecule has 0 radical (unpaired) electrons. The molecule has 0 spiro atoms. The summed E-state index contributed by atoms with van der Waals surface area (Å²) < 4.78 is 53.1. The lowest BCUT2D eigenvalue weighted by Crippen LogP contribution is -2.66. The van der Waals surface area contributed by atoms with Crippen LogP contribution in [0.2, 0.25) is 21.7 Å². The van der Waals surface area contributed by atoms with Crippen molar-refractivity contribution in [2.24, 2.45) is 11.8 Å². The van der Waals surface area contributed by atoms with Gasteiger partial charge in [-0.15, -0.1) is 0 Å². The molecule has 0 aliphatic carbocycles. The number of halogens is 1. The lowest BCUT2D eigenvalue weighted by molar-refractivity contribution is -0.225. The Balaban J connectivity index is 1.18. The molecule has 0 unspecified atom stereocenters. The summed E-state index contributed by atoms with van der Waals surface area (Å²) in [5.41, 5.74) is 3.45. The van der Waals surface area contributed by atoms with Crippen LogP contribution in [-0.4, -0.2) is 83.9 Å². The summed E-state index contributed by atoms with van der Waals surface area (Å²) in [6.45, 7) is 31.1. The standard InChI is InChI=1S/C57H84BrNO8Si2/c1-38(2)68(39(3)4,40(5)6)67-53-52(66-57(13,54(53)58)32-33-64-69(56(10,11)12,46-22-18-16-19-23-46)47-24-20-17-21-25-47)50(61-15)34-41(7)26-31-51-59-48(37-62-51)42(8)35-49-43(9)36-63-55(65-49)44-27-29-45(60-14)30-28-44/h16-25,27-30,35,37-41,43,49-50,52-55H,26,31-34,36H2,1-15H3/b42-35+/t41-,43+,49+,50+,52-,53-,54+,55+,57-/m1/s1. The van der Waals surface area contributed by atoms with E-state index in [0.717, 1.165) is 41.3 Å². The molecule has 0 bridgehead atoms. The fourth-order valence-electron chi connectivity index (χ4n) is 11.4. The third kappa shape index (κ3) is 12.3. The SMILES string of the molecule is COc1ccc([C@H]2OC[C@H](C)[C@H](/C=C(\C)c3coc(CC[C@@H](C)C[C@H](OC)[C@H]4O[C@](C)(CCO[Si](c5ccccc5)(c5ccccc5)C(C)(C)C)[C@@H](Br)[C@@H]4O[Si](C(C)C)(C(C)C)C(C)C)n3)O2)cc1. The van der Waals surface area contributed by atoms with E-state index in [1.165, 1.54) is 10.4 Å². The highest BCUT2D eigenvalue weighted by atomic mass is 79.9. The fraction of sp³-hybridized carbons (Fsp3) is 0.596. The maximum Gasteiger partial charge on any atom is 0.261 e. The van der Waals surface area contributed by atoms with Crippen LogP contribution in [0.3, 0.4) is 0 Å². The highest BCUT2D eigenvalue weighted by Crippen LogP contribution is 2.50. The zero-order valence-corrected chi connectivity index (χ0v) is 48.0. The molecule has 9 nitrogen and oxygen atoms in total. The van der Waals surface area contributed by atoms with E-state index in [0.29, 0.717) is 48.6 Å². The number of rotatable bonds is 22. The first-order chi connectivity index (χ1) is 32.7. The molecule has 2 saturated heterocycles. The zero-order chi connectivity index (χ0) is 50.3. The Labute approximate surface area is 426 Å². The van der Waals surface area contributed by atoms with E-state index in [9.17, 15) is 0 Å². The first kappa shape index (κ1) is 55.4. The van der Waals surface area contributed by atoms with E-state index in [4.69, 9.17) is 41.9 Å². The number of methoxy groups -OCH3 is 2. The highest BCUT2D eigenvalue weighted by Gasteiger charge is 2.59. The Hall–Kier alpha value is -2.92. The minimum Gasteiger partial charge on any atom is -0.497 e. The average molecular weight is 1050 g/mol. The van der Waals surface area contributed by atoms with Gasteiger partial charge in [0.25, 0.3) is 8.32 Å². The van der Waals surface area contributed by atoms with E-state index < -0.39 is 28.5 Å². The van der Waals surface area contributed by atoms with Gasteiger partial charge in [0, 0.05) is 31.6 Å². The van der Waals surface area contributed by atoms with Crippen LogP contribution in [0.25, 0.3) is 5.57 Å². The number of hydrogen-bond acceptors (Lipinski definition) is 9. The van der Waals surface area contributed by atoms with Gasteiger partial charge in [-0.3, -0.25) is 0 Å². The Kier molecular flexibility index (Phi) is 19.1. The number of oxazole rings is 1. The smallest absolute Gasteiger partial charge is 0.261 e. The van der Waals surface area contributed by atoms with Crippen molar-refractivity contribution in [1.82, 2.24) is 4.98 Å². The summed E-state index contributed by atoms with van der Waals surface area (Å²) in [5.74, 6) is 2.00. The first-order valence-corrected chi connectivity index (χ1v) is 30.5. The maximum atomic E-state index is 7.76. The van der Waals surface area contributed by atoms with Crippen LogP contribution in [0, 0.1) is 11.8 Å². The summed E-state index contributed by atoms with van der Waals surface area (Å²) in [6.07, 6.45) is 5.73. The first-order valence-electron chi connectivity index (χ1n) is 25.5. The summed E-state index contributed by atoms with van der Waals surface area (Å²) >= 11 is 4.30. The number of allylic oxidation sites excluding steroid dienone is 1. The van der Waals surface area contributed by atoms with Gasteiger partial charge in [0.2, 0.25) is 8.32 Å². The summed E-state index contributed by atoms with van der Waals surface area (Å²) in [5, 5.41) is 2.42. The van der Waals surface area contributed by atoms with Gasteiger partial charge in [0.1, 0.15) is 23.8 Å². The van der Waals surface area contributed by atoms with Gasteiger partial charge in [0.15, 0.2) is 12.2 Å². The largest absolute Gasteiger partial charge is 0.497 e. The van der Waals surface area contributed by atoms with Gasteiger partial charge in [-0.1, -0.05) is 171 Å². The van der Waals surface area contributed by atoms with E-state index in [1.54, 1.807) is 13.4 Å². The van der Waals surface area contributed by atoms with E-state index in [-0.39, 0.29) is 40.2 Å². The number of hydrogen-bond donors (Lipinski definition) is 0. The predicted octanol–water partition coefficient (Wildman–Crippen LogP) is 13.3. The van der Waals surface area contributed by atoms with Crippen molar-refractivity contribution >= 4 is 48.5 Å². The van der Waals surface area contributed by atoms with Crippen LogP contribution in [0.1, 0.15) is 133 Å². The topological polar surface area (TPSA) is 90.6 Å². The van der Waals surface area contributed by atoms with Crippen molar-refractivity contribution in [2.45, 2.75) is 178 Å². The van der Waals surface area contributed by atoms with Gasteiger partial charge in [-0.25, -0.2) is 4.98 Å². The van der Waals surface area contributed by atoms with Crippen LogP contribution in [-0.2, 0) is 34.2 Å². The fourth-order valence-corrected chi connectivity index (χ4v) is 22.4. The number of alkyl halides is 1. The zero-order valence-electron chi connectivity index (χ0n) is 44.4. The second-order valence-electron chi connectivity index (χ2n) is 22.1. The third-order valence-electron chi connectivity index (χ3n) is 15.2. The monoisotopic (exact) mass is 1050 g/mol. The van der Waals surface area contributed by atoms with Crippen molar-refractivity contribution in [3.05, 3.63) is 114 Å². The molecule has 9 atom stereocenters. The van der Waals surface area contributed by atoms with Gasteiger partial charge in [0.05, 0.1) is 42.5 Å². The van der Waals surface area contributed by atoms with Gasteiger partial charge in [-0.2, -0.15) is 0 Å². The van der Waals surface area contributed by atoms with Crippen molar-refractivity contribution in [3.63, 3.8) is 0 Å². The molecule has 3 aromatic carbocycles. The molecular weight excluding hydrogens is 963 g/mol. The highest BCUT2D eigenvalue weighted by molar-refractivity contribution is 9.09. The minimum absolute atomic E-state index is 0.0845. The normalized spacial score (nSPS) is 24.9. The number of aromatic nitrogens is 1. The molecule has 2 aliphatic rings. The summed E-state index contributed by atoms with van der Waals surface area (Å²) in [7, 11) is -1.62. The molecule has 12 heteroatoms. The lowest BCUT2D eigenvalue weighted by Gasteiger charge is -2.46. The summed E-state index contributed by atoms with van der Waals surface area (Å²) in [4.78, 5) is 4.87.